The van der Waals surface area contributed by atoms with Crippen LogP contribution in [0.5, 0.6) is 0 Å². The molecular weight excluding hydrogens is 316 g/mol. The molecule has 2 heteroatoms. The molecule has 2 fully saturated rings. The molecule has 26 heavy (non-hydrogen) atoms. The number of anilines is 2. The second kappa shape index (κ2) is 8.79. The van der Waals surface area contributed by atoms with Crippen LogP contribution in [0.3, 0.4) is 0 Å². The van der Waals surface area contributed by atoms with Crippen molar-refractivity contribution >= 4 is 11.4 Å². The summed E-state index contributed by atoms with van der Waals surface area (Å²) < 4.78 is 0. The van der Waals surface area contributed by atoms with Gasteiger partial charge in [-0.2, -0.15) is 0 Å². The average molecular weight is 353 g/mol. The molecule has 0 aromatic heterocycles. The summed E-state index contributed by atoms with van der Waals surface area (Å²) in [4.78, 5) is 4.60. The minimum Gasteiger partial charge on any atom is -0.348 e. The van der Waals surface area contributed by atoms with Crippen molar-refractivity contribution in [1.82, 2.24) is 0 Å². The fourth-order valence-corrected chi connectivity index (χ4v) is 4.66. The third-order valence-electron chi connectivity index (χ3n) is 6.62. The lowest BCUT2D eigenvalue weighted by Crippen LogP contribution is -2.25. The second-order valence-corrected chi connectivity index (χ2v) is 8.29. The summed E-state index contributed by atoms with van der Waals surface area (Å²) in [6.07, 6.45) is 13.3. The highest BCUT2D eigenvalue weighted by molar-refractivity contribution is 5.63. The summed E-state index contributed by atoms with van der Waals surface area (Å²) in [7, 11) is 4.35. The van der Waals surface area contributed by atoms with E-state index in [1.807, 2.05) is 0 Å². The fourth-order valence-electron chi connectivity index (χ4n) is 4.66. The van der Waals surface area contributed by atoms with Crippen LogP contribution in [0, 0.1) is 11.8 Å². The van der Waals surface area contributed by atoms with Gasteiger partial charge in [-0.15, -0.1) is 0 Å². The molecule has 0 radical (unpaired) electrons. The molecule has 2 aliphatic carbocycles. The van der Waals surface area contributed by atoms with Gasteiger partial charge in [0.1, 0.15) is 0 Å². The molecule has 0 heterocycles. The van der Waals surface area contributed by atoms with Crippen LogP contribution in [0.4, 0.5) is 11.4 Å². The van der Waals surface area contributed by atoms with E-state index in [0.717, 1.165) is 0 Å². The van der Waals surface area contributed by atoms with Crippen LogP contribution >= 0.6 is 0 Å². The van der Waals surface area contributed by atoms with Crippen molar-refractivity contribution in [1.29, 1.82) is 0 Å². The number of hydrogen-bond acceptors (Lipinski definition) is 2. The summed E-state index contributed by atoms with van der Waals surface area (Å²) in [6.45, 7) is 8.87. The van der Waals surface area contributed by atoms with Gasteiger partial charge in [-0.25, -0.2) is 0 Å². The predicted molar refractivity (Wildman–Crippen MR) is 115 cm³/mol. The lowest BCUT2D eigenvalue weighted by molar-refractivity contribution is 0.398. The summed E-state index contributed by atoms with van der Waals surface area (Å²) in [6, 6.07) is 8.87. The molecule has 2 saturated carbocycles. The Morgan fingerprint density at radius 1 is 0.731 bits per heavy atom. The van der Waals surface area contributed by atoms with Gasteiger partial charge in [0.15, 0.2) is 0 Å². The Balaban J connectivity index is 1.70. The maximum Gasteiger partial charge on any atom is 0.0426 e. The van der Waals surface area contributed by atoms with E-state index in [1.54, 1.807) is 0 Å². The SMILES string of the molecule is C=C(C1CCCCC1)N(C)c1cccc(N(C)C(=C)C2CCCCC2)c1. The third kappa shape index (κ3) is 4.34. The van der Waals surface area contributed by atoms with Crippen LogP contribution in [-0.2, 0) is 0 Å². The van der Waals surface area contributed by atoms with E-state index in [1.165, 1.54) is 87.0 Å². The maximum absolute atomic E-state index is 4.43. The molecule has 0 spiro atoms. The number of hydrogen-bond donors (Lipinski definition) is 0. The normalized spacial score (nSPS) is 19.2. The smallest absolute Gasteiger partial charge is 0.0426 e. The molecule has 142 valence electrons. The number of benzene rings is 1. The highest BCUT2D eigenvalue weighted by Gasteiger charge is 2.22. The van der Waals surface area contributed by atoms with Crippen molar-refractivity contribution < 1.29 is 0 Å². The molecule has 1 aromatic carbocycles. The lowest BCUT2D eigenvalue weighted by Gasteiger charge is -2.33. The predicted octanol–water partition coefficient (Wildman–Crippen LogP) is 6.75. The molecule has 0 saturated heterocycles. The van der Waals surface area contributed by atoms with Crippen LogP contribution in [0.15, 0.2) is 48.8 Å². The summed E-state index contributed by atoms with van der Waals surface area (Å²) >= 11 is 0. The molecular formula is C24H36N2. The van der Waals surface area contributed by atoms with Crippen LogP contribution < -0.4 is 9.80 Å². The van der Waals surface area contributed by atoms with Crippen molar-refractivity contribution in [3.8, 4) is 0 Å². The van der Waals surface area contributed by atoms with E-state index >= 15 is 0 Å². The molecule has 1 aromatic rings. The van der Waals surface area contributed by atoms with Gasteiger partial charge in [-0.3, -0.25) is 0 Å². The Morgan fingerprint density at radius 2 is 1.12 bits per heavy atom. The van der Waals surface area contributed by atoms with E-state index in [-0.39, 0.29) is 0 Å². The van der Waals surface area contributed by atoms with E-state index in [9.17, 15) is 0 Å². The zero-order valence-electron chi connectivity index (χ0n) is 16.8. The van der Waals surface area contributed by atoms with E-state index in [4.69, 9.17) is 0 Å². The Labute approximate surface area is 160 Å². The number of rotatable bonds is 6. The number of allylic oxidation sites excluding steroid dienone is 2. The van der Waals surface area contributed by atoms with Gasteiger partial charge in [0.25, 0.3) is 0 Å². The van der Waals surface area contributed by atoms with Crippen LogP contribution in [0.1, 0.15) is 64.2 Å². The average Bonchev–Trinajstić information content (AvgIpc) is 2.73. The number of nitrogens with zero attached hydrogens (tertiary/aromatic N) is 2. The van der Waals surface area contributed by atoms with Crippen LogP contribution in [0.2, 0.25) is 0 Å². The van der Waals surface area contributed by atoms with Crippen molar-refractivity contribution in [3.05, 3.63) is 48.8 Å². The van der Waals surface area contributed by atoms with Crippen LogP contribution in [0.25, 0.3) is 0 Å². The van der Waals surface area contributed by atoms with E-state index < -0.39 is 0 Å². The minimum atomic E-state index is 0.646. The highest BCUT2D eigenvalue weighted by Crippen LogP contribution is 2.35. The van der Waals surface area contributed by atoms with E-state index in [0.29, 0.717) is 11.8 Å². The quantitative estimate of drug-likeness (QED) is 0.559. The first kappa shape index (κ1) is 19.1. The Kier molecular flexibility index (Phi) is 6.45. The maximum atomic E-state index is 4.43. The van der Waals surface area contributed by atoms with Crippen molar-refractivity contribution in [2.75, 3.05) is 23.9 Å². The molecule has 0 unspecified atom stereocenters. The summed E-state index contributed by atoms with van der Waals surface area (Å²) in [5.41, 5.74) is 5.02. The molecule has 0 amide bonds. The Morgan fingerprint density at radius 3 is 1.50 bits per heavy atom. The van der Waals surface area contributed by atoms with Gasteiger partial charge < -0.3 is 9.80 Å². The van der Waals surface area contributed by atoms with Gasteiger partial charge in [-0.1, -0.05) is 57.7 Å². The Bertz CT molecular complexity index is 570. The fraction of sp³-hybridized carbons (Fsp3) is 0.583. The molecule has 0 bridgehead atoms. The van der Waals surface area contributed by atoms with Gasteiger partial charge in [0.05, 0.1) is 0 Å². The van der Waals surface area contributed by atoms with Crippen molar-refractivity contribution in [2.24, 2.45) is 11.8 Å². The van der Waals surface area contributed by atoms with Crippen LogP contribution in [-0.4, -0.2) is 14.1 Å². The first-order valence-corrected chi connectivity index (χ1v) is 10.5. The first-order valence-electron chi connectivity index (χ1n) is 10.5. The van der Waals surface area contributed by atoms with Crippen molar-refractivity contribution in [3.63, 3.8) is 0 Å². The topological polar surface area (TPSA) is 6.48 Å². The second-order valence-electron chi connectivity index (χ2n) is 8.29. The zero-order valence-corrected chi connectivity index (χ0v) is 16.8. The van der Waals surface area contributed by atoms with Gasteiger partial charge >= 0.3 is 0 Å². The van der Waals surface area contributed by atoms with Gasteiger partial charge in [0.2, 0.25) is 0 Å². The largest absolute Gasteiger partial charge is 0.348 e. The summed E-state index contributed by atoms with van der Waals surface area (Å²) in [5, 5.41) is 0. The zero-order chi connectivity index (χ0) is 18.5. The van der Waals surface area contributed by atoms with Crippen molar-refractivity contribution in [2.45, 2.75) is 64.2 Å². The molecule has 0 N–H and O–H groups in total. The Hall–Kier alpha value is -1.70. The molecule has 0 aliphatic heterocycles. The van der Waals surface area contributed by atoms with Gasteiger partial charge in [-0.05, 0) is 55.7 Å². The van der Waals surface area contributed by atoms with Gasteiger partial charge in [0, 0.05) is 36.9 Å². The third-order valence-corrected chi connectivity index (χ3v) is 6.62. The monoisotopic (exact) mass is 352 g/mol. The minimum absolute atomic E-state index is 0.646. The molecule has 2 aliphatic rings. The molecule has 3 rings (SSSR count). The van der Waals surface area contributed by atoms with E-state index in [2.05, 4.69) is 61.3 Å². The molecule has 0 atom stereocenters. The standard InChI is InChI=1S/C24H36N2/c1-19(21-12-7-5-8-13-21)25(3)23-16-11-17-24(18-23)26(4)20(2)22-14-9-6-10-15-22/h11,16-18,21-22H,1-2,5-10,12-15H2,3-4H3. The summed E-state index contributed by atoms with van der Waals surface area (Å²) in [5.74, 6) is 1.29. The lowest BCUT2D eigenvalue weighted by atomic mass is 9.86. The first-order chi connectivity index (χ1) is 12.6. The highest BCUT2D eigenvalue weighted by atomic mass is 15.1. The molecule has 2 nitrogen and oxygen atoms in total.